The molecule has 36 heavy (non-hydrogen) atoms. The first-order valence-corrected chi connectivity index (χ1v) is 12.3. The Morgan fingerprint density at radius 3 is 2.53 bits per heavy atom. The van der Waals surface area contributed by atoms with Gasteiger partial charge in [0.2, 0.25) is 11.8 Å². The molecule has 5 rings (SSSR count). The normalized spacial score (nSPS) is 26.4. The Bertz CT molecular complexity index is 1110. The smallest absolute Gasteiger partial charge is 0.387 e. The van der Waals surface area contributed by atoms with Crippen LogP contribution < -0.4 is 10.1 Å². The molecule has 1 aliphatic carbocycles. The molecule has 1 aromatic rings. The number of aliphatic hydroxyl groups is 1. The van der Waals surface area contributed by atoms with E-state index in [-0.39, 0.29) is 29.9 Å². The molecule has 3 amide bonds. The van der Waals surface area contributed by atoms with Crippen LogP contribution in [0.15, 0.2) is 47.6 Å². The maximum absolute atomic E-state index is 13.0. The highest BCUT2D eigenvalue weighted by atomic mass is 19.3. The van der Waals surface area contributed by atoms with Crippen molar-refractivity contribution in [1.29, 1.82) is 0 Å². The van der Waals surface area contributed by atoms with Crippen molar-refractivity contribution in [2.24, 2.45) is 5.92 Å². The summed E-state index contributed by atoms with van der Waals surface area (Å²) in [4.78, 5) is 40.5. The van der Waals surface area contributed by atoms with Gasteiger partial charge in [0.1, 0.15) is 11.8 Å². The van der Waals surface area contributed by atoms with Gasteiger partial charge in [-0.3, -0.25) is 24.6 Å². The van der Waals surface area contributed by atoms with Gasteiger partial charge in [-0.2, -0.15) is 8.78 Å². The Labute approximate surface area is 207 Å². The molecule has 2 atom stereocenters. The summed E-state index contributed by atoms with van der Waals surface area (Å²) in [5.74, 6) is -0.935. The molecular weight excluding hydrogens is 472 g/mol. The number of hydrogen-bond acceptors (Lipinski definition) is 6. The Kier molecular flexibility index (Phi) is 6.65. The molecule has 2 N–H and O–H groups in total. The summed E-state index contributed by atoms with van der Waals surface area (Å²) in [6.45, 7) is -0.489. The lowest BCUT2D eigenvalue weighted by Crippen LogP contribution is -2.53. The van der Waals surface area contributed by atoms with E-state index in [1.54, 1.807) is 23.1 Å². The van der Waals surface area contributed by atoms with Gasteiger partial charge in [0.25, 0.3) is 5.91 Å². The van der Waals surface area contributed by atoms with E-state index < -0.39 is 24.2 Å². The van der Waals surface area contributed by atoms with Crippen molar-refractivity contribution in [3.63, 3.8) is 0 Å². The van der Waals surface area contributed by atoms with Gasteiger partial charge in [0, 0.05) is 44.1 Å². The monoisotopic (exact) mass is 501 g/mol. The number of imide groups is 1. The van der Waals surface area contributed by atoms with Crippen molar-refractivity contribution in [3.8, 4) is 5.75 Å². The molecule has 2 fully saturated rings. The van der Waals surface area contributed by atoms with Gasteiger partial charge in [-0.1, -0.05) is 24.3 Å². The lowest BCUT2D eigenvalue weighted by atomic mass is 9.74. The molecule has 1 aromatic carbocycles. The lowest BCUT2D eigenvalue weighted by molar-refractivity contribution is -0.142. The van der Waals surface area contributed by atoms with Crippen molar-refractivity contribution < 1.29 is 33.0 Å². The summed E-state index contributed by atoms with van der Waals surface area (Å²) in [6, 6.07) is 5.95. The lowest BCUT2D eigenvalue weighted by Gasteiger charge is -2.43. The average molecular weight is 502 g/mol. The zero-order valence-corrected chi connectivity index (χ0v) is 19.8. The van der Waals surface area contributed by atoms with Crippen LogP contribution in [0.2, 0.25) is 0 Å². The van der Waals surface area contributed by atoms with Crippen molar-refractivity contribution >= 4 is 17.7 Å². The Morgan fingerprint density at radius 2 is 1.86 bits per heavy atom. The van der Waals surface area contributed by atoms with Gasteiger partial charge >= 0.3 is 6.61 Å². The molecule has 0 radical (unpaired) electrons. The van der Waals surface area contributed by atoms with Crippen LogP contribution in [-0.4, -0.2) is 70.5 Å². The number of hydrogen-bond donors (Lipinski definition) is 2. The van der Waals surface area contributed by atoms with Crippen molar-refractivity contribution in [2.45, 2.75) is 56.9 Å². The maximum Gasteiger partial charge on any atom is 0.387 e. The number of carbonyl (C=O) groups is 3. The fourth-order valence-electron chi connectivity index (χ4n) is 5.68. The highest BCUT2D eigenvalue weighted by Gasteiger charge is 2.45. The number of nitrogens with zero attached hydrogens (tertiary/aromatic N) is 2. The standard InChI is InChI=1S/C26H29F2N3O5/c27-25(28)36-19-4-1-16(2-5-19)14-30-11-9-26(35,10-12-30)18-3-6-20-17(13-18)15-31(24(20)34)21-7-8-22(32)29-23(21)33/h1-6,18,21,25,35H,7-15H2,(H,29,32,33). The molecule has 2 unspecified atom stereocenters. The number of likely N-dealkylation sites (tertiary alicyclic amines) is 1. The maximum atomic E-state index is 13.0. The first-order chi connectivity index (χ1) is 17.2. The van der Waals surface area contributed by atoms with Gasteiger partial charge in [-0.05, 0) is 49.0 Å². The van der Waals surface area contributed by atoms with Crippen LogP contribution in [0.5, 0.6) is 5.75 Å². The summed E-state index contributed by atoms with van der Waals surface area (Å²) in [6.07, 6.45) is 5.94. The molecule has 0 spiro atoms. The predicted octanol–water partition coefficient (Wildman–Crippen LogP) is 2.14. The summed E-state index contributed by atoms with van der Waals surface area (Å²) in [7, 11) is 0. The van der Waals surface area contributed by atoms with Crippen molar-refractivity contribution in [1.82, 2.24) is 15.1 Å². The SMILES string of the molecule is O=C1CCC(N2CC3=C(C=CC(C4(O)CCN(Cc5ccc(OC(F)F)cc5)CC4)C3)C2=O)C(=O)N1. The Balaban J connectivity index is 1.16. The largest absolute Gasteiger partial charge is 0.435 e. The second kappa shape index (κ2) is 9.74. The minimum Gasteiger partial charge on any atom is -0.435 e. The summed E-state index contributed by atoms with van der Waals surface area (Å²) < 4.78 is 29.1. The fraction of sp³-hybridized carbons (Fsp3) is 0.500. The number of benzene rings is 1. The number of amides is 3. The number of alkyl halides is 2. The van der Waals surface area contributed by atoms with Crippen LogP contribution in [0.1, 0.15) is 37.7 Å². The van der Waals surface area contributed by atoms with Crippen LogP contribution in [0.3, 0.4) is 0 Å². The molecule has 3 aliphatic heterocycles. The Hall–Kier alpha value is -3.11. The van der Waals surface area contributed by atoms with E-state index in [4.69, 9.17) is 0 Å². The van der Waals surface area contributed by atoms with Crippen molar-refractivity contribution in [3.05, 3.63) is 53.1 Å². The topological polar surface area (TPSA) is 99.2 Å². The quantitative estimate of drug-likeness (QED) is 0.580. The highest BCUT2D eigenvalue weighted by molar-refractivity contribution is 6.06. The van der Waals surface area contributed by atoms with E-state index >= 15 is 0 Å². The zero-order chi connectivity index (χ0) is 25.4. The van der Waals surface area contributed by atoms with Gasteiger partial charge in [-0.15, -0.1) is 0 Å². The molecule has 8 nitrogen and oxygen atoms in total. The third kappa shape index (κ3) is 4.92. The van der Waals surface area contributed by atoms with Crippen LogP contribution in [0, 0.1) is 5.92 Å². The minimum absolute atomic E-state index is 0.126. The third-order valence-corrected chi connectivity index (χ3v) is 7.75. The molecule has 0 bridgehead atoms. The van der Waals surface area contributed by atoms with E-state index in [2.05, 4.69) is 15.0 Å². The number of ether oxygens (including phenoxy) is 1. The number of nitrogens with one attached hydrogen (secondary N) is 1. The van der Waals surface area contributed by atoms with Gasteiger partial charge in [0.15, 0.2) is 0 Å². The second-order valence-corrected chi connectivity index (χ2v) is 9.99. The van der Waals surface area contributed by atoms with Crippen LogP contribution in [-0.2, 0) is 20.9 Å². The second-order valence-electron chi connectivity index (χ2n) is 9.99. The van der Waals surface area contributed by atoms with E-state index in [1.165, 1.54) is 12.1 Å². The predicted molar refractivity (Wildman–Crippen MR) is 125 cm³/mol. The molecule has 0 aromatic heterocycles. The summed E-state index contributed by atoms with van der Waals surface area (Å²) >= 11 is 0. The van der Waals surface area contributed by atoms with E-state index in [1.807, 2.05) is 6.08 Å². The molecule has 2 saturated heterocycles. The van der Waals surface area contributed by atoms with Gasteiger partial charge in [-0.25, -0.2) is 0 Å². The van der Waals surface area contributed by atoms with Gasteiger partial charge in [0.05, 0.1) is 5.60 Å². The molecule has 192 valence electrons. The first-order valence-electron chi connectivity index (χ1n) is 12.3. The number of halogens is 2. The average Bonchev–Trinajstić information content (AvgIpc) is 3.17. The number of piperidine rings is 2. The van der Waals surface area contributed by atoms with Gasteiger partial charge < -0.3 is 14.7 Å². The first kappa shape index (κ1) is 24.6. The summed E-state index contributed by atoms with van der Waals surface area (Å²) in [5.41, 5.74) is 1.61. The summed E-state index contributed by atoms with van der Waals surface area (Å²) in [5, 5.41) is 13.8. The molecule has 10 heteroatoms. The minimum atomic E-state index is -2.85. The zero-order valence-electron chi connectivity index (χ0n) is 19.8. The molecule has 3 heterocycles. The third-order valence-electron chi connectivity index (χ3n) is 7.75. The van der Waals surface area contributed by atoms with Crippen LogP contribution >= 0.6 is 0 Å². The molecule has 0 saturated carbocycles. The molecular formula is C26H29F2N3O5. The van der Waals surface area contributed by atoms with Crippen LogP contribution in [0.25, 0.3) is 0 Å². The molecule has 4 aliphatic rings. The van der Waals surface area contributed by atoms with E-state index in [9.17, 15) is 28.3 Å². The number of rotatable bonds is 6. The fourth-order valence-corrected chi connectivity index (χ4v) is 5.68. The number of carbonyl (C=O) groups excluding carboxylic acids is 3. The highest BCUT2D eigenvalue weighted by Crippen LogP contribution is 2.41. The van der Waals surface area contributed by atoms with Crippen LogP contribution in [0.4, 0.5) is 8.78 Å². The van der Waals surface area contributed by atoms with E-state index in [0.717, 1.165) is 11.1 Å². The van der Waals surface area contributed by atoms with Crippen molar-refractivity contribution in [2.75, 3.05) is 19.6 Å². The van der Waals surface area contributed by atoms with E-state index in [0.29, 0.717) is 57.4 Å². The Morgan fingerprint density at radius 1 is 1.14 bits per heavy atom.